The molecule has 1 saturated carbocycles. The van der Waals surface area contributed by atoms with Crippen molar-refractivity contribution in [1.29, 1.82) is 0 Å². The number of thiophene rings is 1. The van der Waals surface area contributed by atoms with Gasteiger partial charge in [0.2, 0.25) is 0 Å². The highest BCUT2D eigenvalue weighted by Crippen LogP contribution is 2.37. The molecule has 0 unspecified atom stereocenters. The Morgan fingerprint density at radius 2 is 2.12 bits per heavy atom. The van der Waals surface area contributed by atoms with Crippen LogP contribution in [-0.4, -0.2) is 36.0 Å². The number of rotatable bonds is 4. The van der Waals surface area contributed by atoms with Crippen LogP contribution in [0.1, 0.15) is 43.0 Å². The summed E-state index contributed by atoms with van der Waals surface area (Å²) in [6, 6.07) is 0. The van der Waals surface area contributed by atoms with Gasteiger partial charge in [0.15, 0.2) is 11.6 Å². The van der Waals surface area contributed by atoms with Crippen LogP contribution >= 0.6 is 11.3 Å². The maximum atomic E-state index is 12.5. The largest absolute Gasteiger partial charge is 0.394 e. The average Bonchev–Trinajstić information content (AvgIpc) is 3.30. The van der Waals surface area contributed by atoms with E-state index in [0.717, 1.165) is 39.8 Å². The SMILES string of the molecule is Cc1c(-c2nc(C3CCCC3)nn2CCO)sc2ncn(C)c(=O)c12. The van der Waals surface area contributed by atoms with Crippen molar-refractivity contribution in [2.75, 3.05) is 6.61 Å². The monoisotopic (exact) mass is 359 g/mol. The third kappa shape index (κ3) is 2.69. The summed E-state index contributed by atoms with van der Waals surface area (Å²) in [6.45, 7) is 2.34. The second kappa shape index (κ2) is 6.34. The van der Waals surface area contributed by atoms with Crippen LogP contribution in [0, 0.1) is 6.92 Å². The summed E-state index contributed by atoms with van der Waals surface area (Å²) < 4.78 is 3.27. The molecule has 8 heteroatoms. The predicted octanol–water partition coefficient (Wildman–Crippen LogP) is 2.21. The standard InChI is InChI=1S/C17H21N5O2S/c1-10-12-16(18-9-21(2)17(12)24)25-13(10)15-19-14(11-5-3-4-6-11)20-22(15)7-8-23/h9,11,23H,3-8H2,1-2H3. The molecule has 0 bridgehead atoms. The van der Waals surface area contributed by atoms with Crippen LogP contribution in [0.15, 0.2) is 11.1 Å². The Labute approximate surface area is 149 Å². The van der Waals surface area contributed by atoms with Gasteiger partial charge >= 0.3 is 0 Å². The lowest BCUT2D eigenvalue weighted by atomic mass is 10.1. The van der Waals surface area contributed by atoms with Crippen molar-refractivity contribution in [2.24, 2.45) is 7.05 Å². The molecule has 0 atom stereocenters. The Bertz CT molecular complexity index is 981. The zero-order chi connectivity index (χ0) is 17.6. The van der Waals surface area contributed by atoms with Crippen molar-refractivity contribution in [3.05, 3.63) is 28.1 Å². The first-order chi connectivity index (χ1) is 12.1. The second-order valence-electron chi connectivity index (χ2n) is 6.62. The second-order valence-corrected chi connectivity index (χ2v) is 7.62. The van der Waals surface area contributed by atoms with E-state index in [1.54, 1.807) is 18.1 Å². The molecular formula is C17H21N5O2S. The van der Waals surface area contributed by atoms with E-state index in [-0.39, 0.29) is 12.2 Å². The molecule has 3 heterocycles. The highest BCUT2D eigenvalue weighted by Gasteiger charge is 2.25. The van der Waals surface area contributed by atoms with Crippen LogP contribution in [0.2, 0.25) is 0 Å². The van der Waals surface area contributed by atoms with E-state index in [9.17, 15) is 9.90 Å². The maximum absolute atomic E-state index is 12.5. The van der Waals surface area contributed by atoms with Crippen LogP contribution in [-0.2, 0) is 13.6 Å². The first kappa shape index (κ1) is 16.4. The van der Waals surface area contributed by atoms with E-state index < -0.39 is 0 Å². The molecule has 0 saturated heterocycles. The van der Waals surface area contributed by atoms with E-state index in [2.05, 4.69) is 10.1 Å². The number of aliphatic hydroxyl groups is 1. The minimum Gasteiger partial charge on any atom is -0.394 e. The van der Waals surface area contributed by atoms with Gasteiger partial charge < -0.3 is 9.67 Å². The van der Waals surface area contributed by atoms with Gasteiger partial charge in [0.1, 0.15) is 4.83 Å². The van der Waals surface area contributed by atoms with E-state index in [1.807, 2.05) is 6.92 Å². The molecule has 0 amide bonds. The van der Waals surface area contributed by atoms with Crippen molar-refractivity contribution in [1.82, 2.24) is 24.3 Å². The molecule has 0 radical (unpaired) electrons. The van der Waals surface area contributed by atoms with Gasteiger partial charge in [0.25, 0.3) is 5.56 Å². The summed E-state index contributed by atoms with van der Waals surface area (Å²) in [4.78, 5) is 23.3. The number of hydrogen-bond donors (Lipinski definition) is 1. The normalized spacial score (nSPS) is 15.5. The molecular weight excluding hydrogens is 338 g/mol. The number of hydrogen-bond acceptors (Lipinski definition) is 6. The maximum Gasteiger partial charge on any atom is 0.262 e. The van der Waals surface area contributed by atoms with Gasteiger partial charge in [-0.1, -0.05) is 12.8 Å². The minimum absolute atomic E-state index is 0.00439. The Morgan fingerprint density at radius 3 is 2.84 bits per heavy atom. The van der Waals surface area contributed by atoms with Gasteiger partial charge in [-0.15, -0.1) is 11.3 Å². The first-order valence-corrected chi connectivity index (χ1v) is 9.42. The molecule has 3 aromatic rings. The highest BCUT2D eigenvalue weighted by molar-refractivity contribution is 7.22. The van der Waals surface area contributed by atoms with Crippen molar-refractivity contribution < 1.29 is 5.11 Å². The van der Waals surface area contributed by atoms with Crippen molar-refractivity contribution >= 4 is 21.6 Å². The van der Waals surface area contributed by atoms with Crippen LogP contribution in [0.4, 0.5) is 0 Å². The van der Waals surface area contributed by atoms with Crippen LogP contribution in [0.25, 0.3) is 20.9 Å². The lowest BCUT2D eigenvalue weighted by Crippen LogP contribution is -2.16. The lowest BCUT2D eigenvalue weighted by molar-refractivity contribution is 0.269. The van der Waals surface area contributed by atoms with E-state index in [0.29, 0.717) is 17.8 Å². The zero-order valence-corrected chi connectivity index (χ0v) is 15.2. The molecule has 1 fully saturated rings. The molecule has 1 aliphatic rings. The Hall–Kier alpha value is -2.06. The van der Waals surface area contributed by atoms with Crippen LogP contribution < -0.4 is 5.56 Å². The smallest absolute Gasteiger partial charge is 0.262 e. The Balaban J connectivity index is 1.88. The van der Waals surface area contributed by atoms with Gasteiger partial charge in [0.05, 0.1) is 29.7 Å². The van der Waals surface area contributed by atoms with Gasteiger partial charge in [-0.05, 0) is 25.3 Å². The van der Waals surface area contributed by atoms with Crippen molar-refractivity contribution in [3.63, 3.8) is 0 Å². The number of nitrogens with zero attached hydrogens (tertiary/aromatic N) is 5. The fourth-order valence-corrected chi connectivity index (χ4v) is 4.69. The molecule has 25 heavy (non-hydrogen) atoms. The molecule has 132 valence electrons. The van der Waals surface area contributed by atoms with Crippen molar-refractivity contribution in [3.8, 4) is 10.7 Å². The quantitative estimate of drug-likeness (QED) is 0.772. The minimum atomic E-state index is -0.0470. The third-order valence-corrected chi connectivity index (χ3v) is 6.13. The summed E-state index contributed by atoms with van der Waals surface area (Å²) in [7, 11) is 1.71. The van der Waals surface area contributed by atoms with Crippen molar-refractivity contribution in [2.45, 2.75) is 45.1 Å². The molecule has 0 aliphatic heterocycles. The summed E-state index contributed by atoms with van der Waals surface area (Å²) in [5.41, 5.74) is 0.840. The van der Waals surface area contributed by atoms with E-state index in [4.69, 9.17) is 4.98 Å². The Kier molecular flexibility index (Phi) is 4.16. The number of aromatic nitrogens is 5. The molecule has 0 aromatic carbocycles. The summed E-state index contributed by atoms with van der Waals surface area (Å²) >= 11 is 1.47. The summed E-state index contributed by atoms with van der Waals surface area (Å²) in [5.74, 6) is 2.00. The number of fused-ring (bicyclic) bond motifs is 1. The third-order valence-electron chi connectivity index (χ3n) is 4.93. The molecule has 7 nitrogen and oxygen atoms in total. The molecule has 1 N–H and O–H groups in total. The molecule has 1 aliphatic carbocycles. The number of aliphatic hydroxyl groups excluding tert-OH is 1. The summed E-state index contributed by atoms with van der Waals surface area (Å²) in [6.07, 6.45) is 6.23. The van der Waals surface area contributed by atoms with Gasteiger partial charge in [-0.2, -0.15) is 5.10 Å². The molecule has 4 rings (SSSR count). The van der Waals surface area contributed by atoms with Crippen LogP contribution in [0.5, 0.6) is 0 Å². The lowest BCUT2D eigenvalue weighted by Gasteiger charge is -2.02. The fourth-order valence-electron chi connectivity index (χ4n) is 3.56. The highest BCUT2D eigenvalue weighted by atomic mass is 32.1. The summed E-state index contributed by atoms with van der Waals surface area (Å²) in [5, 5.41) is 14.7. The zero-order valence-electron chi connectivity index (χ0n) is 14.4. The number of aryl methyl sites for hydroxylation is 2. The Morgan fingerprint density at radius 1 is 1.36 bits per heavy atom. The van der Waals surface area contributed by atoms with Gasteiger partial charge in [0, 0.05) is 13.0 Å². The topological polar surface area (TPSA) is 85.8 Å². The van der Waals surface area contributed by atoms with Crippen LogP contribution in [0.3, 0.4) is 0 Å². The fraction of sp³-hybridized carbons (Fsp3) is 0.529. The van der Waals surface area contributed by atoms with E-state index >= 15 is 0 Å². The first-order valence-electron chi connectivity index (χ1n) is 8.61. The molecule has 0 spiro atoms. The average molecular weight is 359 g/mol. The molecule has 3 aromatic heterocycles. The van der Waals surface area contributed by atoms with Gasteiger partial charge in [-0.3, -0.25) is 4.79 Å². The van der Waals surface area contributed by atoms with Gasteiger partial charge in [-0.25, -0.2) is 14.6 Å². The van der Waals surface area contributed by atoms with E-state index in [1.165, 1.54) is 28.7 Å². The predicted molar refractivity (Wildman–Crippen MR) is 96.9 cm³/mol.